The lowest BCUT2D eigenvalue weighted by molar-refractivity contribution is -0.204. The lowest BCUT2D eigenvalue weighted by Crippen LogP contribution is -2.63. The Balaban J connectivity index is 1.72. The van der Waals surface area contributed by atoms with Crippen molar-refractivity contribution < 1.29 is 33.8 Å². The van der Waals surface area contributed by atoms with E-state index in [2.05, 4.69) is 13.8 Å². The summed E-state index contributed by atoms with van der Waals surface area (Å²) in [6.07, 6.45) is 8.40. The second kappa shape index (κ2) is 9.99. The fourth-order valence-electron chi connectivity index (χ4n) is 8.13. The Morgan fingerprint density at radius 2 is 1.95 bits per heavy atom. The quantitative estimate of drug-likeness (QED) is 0.492. The molecule has 8 atom stereocenters. The van der Waals surface area contributed by atoms with Crippen molar-refractivity contribution in [1.29, 1.82) is 0 Å². The minimum Gasteiger partial charge on any atom is -0.457 e. The molecule has 0 aromatic rings. The fraction of sp³-hybridized carbons (Fsp3) is 0.724. The molecule has 1 N–H and O–H groups in total. The van der Waals surface area contributed by atoms with Crippen LogP contribution in [0.3, 0.4) is 0 Å². The summed E-state index contributed by atoms with van der Waals surface area (Å²) in [5.74, 6) is -1.54. The van der Waals surface area contributed by atoms with E-state index in [9.17, 15) is 24.3 Å². The molecule has 0 radical (unpaired) electrons. The van der Waals surface area contributed by atoms with E-state index in [0.717, 1.165) is 12.0 Å². The number of carbonyl (C=O) groups excluding carboxylic acids is 4. The van der Waals surface area contributed by atoms with Gasteiger partial charge < -0.3 is 14.6 Å². The van der Waals surface area contributed by atoms with E-state index in [-0.39, 0.29) is 41.6 Å². The normalized spacial score (nSPS) is 40.4. The van der Waals surface area contributed by atoms with Crippen LogP contribution in [0.5, 0.6) is 0 Å². The van der Waals surface area contributed by atoms with Crippen molar-refractivity contribution in [2.24, 2.45) is 40.4 Å². The first-order valence-corrected chi connectivity index (χ1v) is 14.7. The third-order valence-corrected chi connectivity index (χ3v) is 10.3. The highest BCUT2D eigenvalue weighted by atomic mass is 32.2. The van der Waals surface area contributed by atoms with Crippen LogP contribution in [-0.4, -0.2) is 58.9 Å². The third kappa shape index (κ3) is 4.42. The molecule has 0 spiro atoms. The summed E-state index contributed by atoms with van der Waals surface area (Å²) >= 11 is 1.31. The Kier molecular flexibility index (Phi) is 7.58. The van der Waals surface area contributed by atoms with Gasteiger partial charge in [0.2, 0.25) is 5.78 Å². The number of carbonyl (C=O) groups is 4. The number of hydrogen-bond acceptors (Lipinski definition) is 8. The number of aliphatic hydroxyl groups is 1. The topological polar surface area (TPSA) is 107 Å². The summed E-state index contributed by atoms with van der Waals surface area (Å²) in [4.78, 5) is 51.1. The molecule has 4 aliphatic carbocycles. The molecular weight excluding hydrogens is 492 g/mol. The SMILES string of the molecule is CSCC(=O)OCC(=O)[C@@]1(OC(=O)C(C)C)CC[C@H]2[C@@H]3CC(C)C4=CC(=O)C=C[C@]4(C)[C@H]3C(O)C[C@@]21C. The number of esters is 2. The molecule has 2 unspecified atom stereocenters. The van der Waals surface area contributed by atoms with Gasteiger partial charge in [-0.15, -0.1) is 0 Å². The van der Waals surface area contributed by atoms with Crippen LogP contribution in [0.1, 0.15) is 60.3 Å². The van der Waals surface area contributed by atoms with Crippen molar-refractivity contribution in [3.05, 3.63) is 23.8 Å². The van der Waals surface area contributed by atoms with E-state index in [1.807, 2.05) is 13.0 Å². The Morgan fingerprint density at radius 1 is 1.24 bits per heavy atom. The number of Topliss-reactive ketones (excluding diaryl/α,β-unsaturated/α-hetero) is 1. The highest BCUT2D eigenvalue weighted by molar-refractivity contribution is 7.99. The third-order valence-electron chi connectivity index (χ3n) is 9.76. The molecule has 7 nitrogen and oxygen atoms in total. The summed E-state index contributed by atoms with van der Waals surface area (Å²) in [5.41, 5.74) is -1.67. The maximum atomic E-state index is 13.9. The van der Waals surface area contributed by atoms with Crippen LogP contribution < -0.4 is 0 Å². The van der Waals surface area contributed by atoms with Gasteiger partial charge in [-0.25, -0.2) is 0 Å². The maximum Gasteiger partial charge on any atom is 0.316 e. The van der Waals surface area contributed by atoms with Gasteiger partial charge in [-0.2, -0.15) is 11.8 Å². The summed E-state index contributed by atoms with van der Waals surface area (Å²) in [7, 11) is 0. The average Bonchev–Trinajstić information content (AvgIpc) is 3.11. The van der Waals surface area contributed by atoms with E-state index >= 15 is 0 Å². The first kappa shape index (κ1) is 28.1. The molecule has 0 amide bonds. The number of fused-ring (bicyclic) bond motifs is 5. The van der Waals surface area contributed by atoms with Crippen molar-refractivity contribution in [2.45, 2.75) is 72.0 Å². The van der Waals surface area contributed by atoms with Gasteiger partial charge in [0.05, 0.1) is 17.8 Å². The molecule has 0 aromatic heterocycles. The maximum absolute atomic E-state index is 13.9. The molecule has 37 heavy (non-hydrogen) atoms. The summed E-state index contributed by atoms with van der Waals surface area (Å²) in [5, 5.41) is 11.7. The van der Waals surface area contributed by atoms with Crippen molar-refractivity contribution in [3.8, 4) is 0 Å². The summed E-state index contributed by atoms with van der Waals surface area (Å²) in [6, 6.07) is 0. The Bertz CT molecular complexity index is 1050. The zero-order valence-electron chi connectivity index (χ0n) is 22.7. The van der Waals surface area contributed by atoms with Crippen LogP contribution in [-0.2, 0) is 28.7 Å². The second-order valence-corrected chi connectivity index (χ2v) is 13.1. The average molecular weight is 533 g/mol. The van der Waals surface area contributed by atoms with Gasteiger partial charge in [-0.1, -0.05) is 46.3 Å². The molecule has 0 saturated heterocycles. The zero-order valence-corrected chi connectivity index (χ0v) is 23.6. The van der Waals surface area contributed by atoms with Gasteiger partial charge in [0, 0.05) is 16.7 Å². The predicted molar refractivity (Wildman–Crippen MR) is 141 cm³/mol. The Labute approximate surface area is 223 Å². The van der Waals surface area contributed by atoms with Gasteiger partial charge in [0.25, 0.3) is 0 Å². The van der Waals surface area contributed by atoms with Gasteiger partial charge in [-0.05, 0) is 61.8 Å². The molecule has 204 valence electrons. The molecule has 0 heterocycles. The highest BCUT2D eigenvalue weighted by Gasteiger charge is 2.70. The zero-order chi connectivity index (χ0) is 27.3. The lowest BCUT2D eigenvalue weighted by Gasteiger charge is -2.61. The number of rotatable bonds is 7. The molecule has 3 saturated carbocycles. The minimum absolute atomic E-state index is 0.0185. The number of allylic oxidation sites excluding steroid dienone is 4. The van der Waals surface area contributed by atoms with Gasteiger partial charge in [-0.3, -0.25) is 19.2 Å². The van der Waals surface area contributed by atoms with Gasteiger partial charge in [0.15, 0.2) is 18.0 Å². The van der Waals surface area contributed by atoms with Crippen LogP contribution in [0.15, 0.2) is 23.8 Å². The number of hydrogen-bond donors (Lipinski definition) is 1. The Hall–Kier alpha value is -1.93. The highest BCUT2D eigenvalue weighted by Crippen LogP contribution is 2.68. The molecule has 0 aliphatic heterocycles. The van der Waals surface area contributed by atoms with Gasteiger partial charge >= 0.3 is 11.9 Å². The second-order valence-electron chi connectivity index (χ2n) is 12.2. The molecule has 4 rings (SSSR count). The van der Waals surface area contributed by atoms with Crippen LogP contribution in [0.25, 0.3) is 0 Å². The van der Waals surface area contributed by atoms with Crippen LogP contribution in [0.2, 0.25) is 0 Å². The Morgan fingerprint density at radius 3 is 2.59 bits per heavy atom. The number of ether oxygens (including phenoxy) is 2. The summed E-state index contributed by atoms with van der Waals surface area (Å²) < 4.78 is 11.4. The van der Waals surface area contributed by atoms with E-state index < -0.39 is 52.8 Å². The van der Waals surface area contributed by atoms with Gasteiger partial charge in [0.1, 0.15) is 0 Å². The smallest absolute Gasteiger partial charge is 0.316 e. The van der Waals surface area contributed by atoms with E-state index in [1.54, 1.807) is 32.3 Å². The largest absolute Gasteiger partial charge is 0.457 e. The first-order chi connectivity index (χ1) is 17.3. The molecule has 0 aromatic carbocycles. The van der Waals surface area contributed by atoms with Crippen LogP contribution >= 0.6 is 11.8 Å². The van der Waals surface area contributed by atoms with Crippen LogP contribution in [0.4, 0.5) is 0 Å². The first-order valence-electron chi connectivity index (χ1n) is 13.3. The van der Waals surface area contributed by atoms with Crippen molar-refractivity contribution in [3.63, 3.8) is 0 Å². The monoisotopic (exact) mass is 532 g/mol. The lowest BCUT2D eigenvalue weighted by atomic mass is 9.44. The molecule has 8 heteroatoms. The number of ketones is 2. The fourth-order valence-corrected chi connectivity index (χ4v) is 8.45. The van der Waals surface area contributed by atoms with Crippen molar-refractivity contribution in [2.75, 3.05) is 18.6 Å². The van der Waals surface area contributed by atoms with Crippen molar-refractivity contribution in [1.82, 2.24) is 0 Å². The molecule has 0 bridgehead atoms. The van der Waals surface area contributed by atoms with Crippen molar-refractivity contribution >= 4 is 35.3 Å². The predicted octanol–water partition coefficient (Wildman–Crippen LogP) is 3.92. The van der Waals surface area contributed by atoms with E-state index in [1.165, 1.54) is 11.8 Å². The van der Waals surface area contributed by atoms with E-state index in [0.29, 0.717) is 12.8 Å². The molecule has 4 aliphatic rings. The number of thioether (sulfide) groups is 1. The summed E-state index contributed by atoms with van der Waals surface area (Å²) in [6.45, 7) is 9.21. The number of aliphatic hydroxyl groups excluding tert-OH is 1. The molecule has 3 fully saturated rings. The molecular formula is C29H40O7S. The standard InChI is InChI=1S/C29H40O7S/c1-16(2)26(34)36-29(23(32)14-35-24(33)15-37-6)10-8-20-19-11-17(3)21-12-18(30)7-9-27(21,4)25(19)22(31)13-28(20,29)5/h7,9,12,16-17,19-20,22,25,31H,8,10-11,13-15H2,1-6H3/t17?,19-,20-,22?,25+,27-,28-,29-/m0/s1. The van der Waals surface area contributed by atoms with Crippen LogP contribution in [0, 0.1) is 40.4 Å². The minimum atomic E-state index is -1.47. The van der Waals surface area contributed by atoms with E-state index in [4.69, 9.17) is 9.47 Å².